The Balaban J connectivity index is 2.48. The molecule has 1 heteroatoms. The second kappa shape index (κ2) is 3.52. The normalized spacial score (nSPS) is 6.40. The fourth-order valence-electron chi connectivity index (χ4n) is 0.0833. The van der Waals surface area contributed by atoms with E-state index in [-0.39, 0.29) is 0 Å². The zero-order chi connectivity index (χ0) is 4.12. The highest BCUT2D eigenvalue weighted by Gasteiger charge is 1.57. The van der Waals surface area contributed by atoms with Crippen LogP contribution in [0.4, 0.5) is 0 Å². The molecule has 0 unspecified atom stereocenters. The predicted molar refractivity (Wildman–Crippen MR) is 20.7 cm³/mol. The van der Waals surface area contributed by atoms with Gasteiger partial charge in [0.2, 0.25) is 0 Å². The SMILES string of the molecule is C#CCO[11CH3]. The van der Waals surface area contributed by atoms with Crippen LogP contribution >= 0.6 is 0 Å². The monoisotopic (exact) mass is 69.1 g/mol. The van der Waals surface area contributed by atoms with Gasteiger partial charge in [-0.3, -0.25) is 0 Å². The fraction of sp³-hybridized carbons (Fsp3) is 0.500. The van der Waals surface area contributed by atoms with Crippen LogP contribution in [-0.4, -0.2) is 13.7 Å². The number of rotatable bonds is 1. The van der Waals surface area contributed by atoms with Gasteiger partial charge in [-0.15, -0.1) is 6.42 Å². The van der Waals surface area contributed by atoms with E-state index in [2.05, 4.69) is 10.7 Å². The molecule has 0 saturated carbocycles. The second-order valence-electron chi connectivity index (χ2n) is 0.637. The van der Waals surface area contributed by atoms with Crippen LogP contribution in [0.2, 0.25) is 0 Å². The van der Waals surface area contributed by atoms with Crippen molar-refractivity contribution in [1.82, 2.24) is 0 Å². The number of ether oxygens (including phenoxy) is 1. The summed E-state index contributed by atoms with van der Waals surface area (Å²) in [6, 6.07) is 0. The summed E-state index contributed by atoms with van der Waals surface area (Å²) in [7, 11) is 1.57. The molecule has 0 bridgehead atoms. The molecule has 0 aromatic heterocycles. The van der Waals surface area contributed by atoms with E-state index in [1.807, 2.05) is 0 Å². The van der Waals surface area contributed by atoms with E-state index in [9.17, 15) is 0 Å². The second-order valence-corrected chi connectivity index (χ2v) is 0.637. The first kappa shape index (κ1) is 4.52. The molecule has 0 rings (SSSR count). The van der Waals surface area contributed by atoms with E-state index < -0.39 is 0 Å². The first-order valence-electron chi connectivity index (χ1n) is 1.34. The average molecular weight is 69.1 g/mol. The lowest BCUT2D eigenvalue weighted by Gasteiger charge is -1.76. The smallest absolute Gasteiger partial charge is 0.107 e. The standard InChI is InChI=1S/C4H6O/c1-3-4-5-2/h1H,4H2,2H3/i2-1. The molecule has 0 aliphatic heterocycles. The molecule has 0 amide bonds. The molecule has 0 aromatic rings. The van der Waals surface area contributed by atoms with Crippen molar-refractivity contribution in [1.29, 1.82) is 0 Å². The molecular formula is C4H6O. The van der Waals surface area contributed by atoms with Crippen molar-refractivity contribution in [2.75, 3.05) is 13.7 Å². The van der Waals surface area contributed by atoms with E-state index >= 15 is 0 Å². The van der Waals surface area contributed by atoms with Crippen LogP contribution in [0.25, 0.3) is 0 Å². The lowest BCUT2D eigenvalue weighted by atomic mass is 10.7. The van der Waals surface area contributed by atoms with E-state index in [1.165, 1.54) is 0 Å². The Morgan fingerprint density at radius 3 is 2.60 bits per heavy atom. The van der Waals surface area contributed by atoms with Crippen molar-refractivity contribution >= 4 is 0 Å². The Labute approximate surface area is 31.9 Å². The Morgan fingerprint density at radius 1 is 2.00 bits per heavy atom. The highest BCUT2D eigenvalue weighted by molar-refractivity contribution is 4.82. The lowest BCUT2D eigenvalue weighted by Crippen LogP contribution is -1.77. The van der Waals surface area contributed by atoms with Gasteiger partial charge >= 0.3 is 0 Å². The molecule has 0 atom stereocenters. The van der Waals surface area contributed by atoms with E-state index in [0.29, 0.717) is 6.61 Å². The van der Waals surface area contributed by atoms with Crippen LogP contribution in [0, 0.1) is 12.3 Å². The van der Waals surface area contributed by atoms with Crippen molar-refractivity contribution in [3.05, 3.63) is 0 Å². The summed E-state index contributed by atoms with van der Waals surface area (Å²) >= 11 is 0. The van der Waals surface area contributed by atoms with Gasteiger partial charge in [0, 0.05) is 7.11 Å². The Morgan fingerprint density at radius 2 is 2.60 bits per heavy atom. The fourth-order valence-corrected chi connectivity index (χ4v) is 0.0833. The maximum Gasteiger partial charge on any atom is 0.107 e. The highest BCUT2D eigenvalue weighted by atomic mass is 16.4. The third-order valence-electron chi connectivity index (χ3n) is 0.228. The topological polar surface area (TPSA) is 9.23 Å². The number of hydrogen-bond acceptors (Lipinski definition) is 1. The molecule has 0 fully saturated rings. The summed E-state index contributed by atoms with van der Waals surface area (Å²) in [5.41, 5.74) is 0. The average Bonchev–Trinajstić information content (AvgIpc) is 1.41. The Bertz CT molecular complexity index is 42.1. The quantitative estimate of drug-likeness (QED) is 0.401. The molecule has 0 heterocycles. The molecular weight excluding hydrogens is 63.0 g/mol. The van der Waals surface area contributed by atoms with Crippen molar-refractivity contribution in [3.8, 4) is 12.3 Å². The minimum atomic E-state index is 0.417. The minimum Gasteiger partial charge on any atom is -0.372 e. The van der Waals surface area contributed by atoms with Crippen LogP contribution in [0.3, 0.4) is 0 Å². The maximum absolute atomic E-state index is 4.76. The molecule has 0 saturated heterocycles. The molecule has 5 heavy (non-hydrogen) atoms. The number of hydrogen-bond donors (Lipinski definition) is 0. The van der Waals surface area contributed by atoms with Gasteiger partial charge < -0.3 is 4.74 Å². The highest BCUT2D eigenvalue weighted by Crippen LogP contribution is 1.53. The van der Waals surface area contributed by atoms with Crippen molar-refractivity contribution < 1.29 is 4.74 Å². The number of terminal acetylenes is 1. The first-order chi connectivity index (χ1) is 2.41. The zero-order valence-corrected chi connectivity index (χ0v) is 3.19. The van der Waals surface area contributed by atoms with Gasteiger partial charge in [-0.2, -0.15) is 0 Å². The van der Waals surface area contributed by atoms with Gasteiger partial charge in [-0.25, -0.2) is 0 Å². The molecule has 0 aromatic carbocycles. The van der Waals surface area contributed by atoms with Crippen LogP contribution < -0.4 is 0 Å². The van der Waals surface area contributed by atoms with Crippen molar-refractivity contribution in [2.45, 2.75) is 0 Å². The largest absolute Gasteiger partial charge is 0.372 e. The maximum atomic E-state index is 4.76. The Hall–Kier alpha value is -0.480. The van der Waals surface area contributed by atoms with E-state index in [0.717, 1.165) is 0 Å². The minimum absolute atomic E-state index is 0.417. The van der Waals surface area contributed by atoms with Gasteiger partial charge in [-0.1, -0.05) is 5.92 Å². The Kier molecular flexibility index (Phi) is 3.18. The molecule has 0 radical (unpaired) electrons. The van der Waals surface area contributed by atoms with Gasteiger partial charge in [0.15, 0.2) is 0 Å². The molecule has 0 aliphatic carbocycles. The zero-order valence-electron chi connectivity index (χ0n) is 3.19. The molecule has 0 aliphatic rings. The molecule has 0 N–H and O–H groups in total. The van der Waals surface area contributed by atoms with Gasteiger partial charge in [-0.05, 0) is 0 Å². The molecule has 28 valence electrons. The van der Waals surface area contributed by atoms with Gasteiger partial charge in [0.25, 0.3) is 0 Å². The molecule has 0 spiro atoms. The third kappa shape index (κ3) is 3.52. The van der Waals surface area contributed by atoms with Crippen molar-refractivity contribution in [3.63, 3.8) is 0 Å². The lowest BCUT2D eigenvalue weighted by molar-refractivity contribution is 0.240. The van der Waals surface area contributed by atoms with Crippen LogP contribution in [0.5, 0.6) is 0 Å². The van der Waals surface area contributed by atoms with Crippen molar-refractivity contribution in [2.24, 2.45) is 0 Å². The van der Waals surface area contributed by atoms with Crippen LogP contribution in [0.15, 0.2) is 0 Å². The summed E-state index contributed by atoms with van der Waals surface area (Å²) < 4.78 is 4.45. The number of methoxy groups -OCH3 is 1. The van der Waals surface area contributed by atoms with Crippen LogP contribution in [0.1, 0.15) is 0 Å². The van der Waals surface area contributed by atoms with E-state index in [1.54, 1.807) is 7.11 Å². The van der Waals surface area contributed by atoms with Crippen LogP contribution in [-0.2, 0) is 4.74 Å². The summed E-state index contributed by atoms with van der Waals surface area (Å²) in [5.74, 6) is 2.30. The van der Waals surface area contributed by atoms with Gasteiger partial charge in [0.05, 0.1) is 0 Å². The summed E-state index contributed by atoms with van der Waals surface area (Å²) in [6.07, 6.45) is 4.76. The predicted octanol–water partition coefficient (Wildman–Crippen LogP) is 0.266. The van der Waals surface area contributed by atoms with Gasteiger partial charge in [0.1, 0.15) is 6.61 Å². The third-order valence-corrected chi connectivity index (χ3v) is 0.228. The van der Waals surface area contributed by atoms with E-state index in [4.69, 9.17) is 6.42 Å². The first-order valence-corrected chi connectivity index (χ1v) is 1.34. The summed E-state index contributed by atoms with van der Waals surface area (Å²) in [5, 5.41) is 0. The summed E-state index contributed by atoms with van der Waals surface area (Å²) in [6.45, 7) is 0.417. The summed E-state index contributed by atoms with van der Waals surface area (Å²) in [4.78, 5) is 0. The molecule has 1 nitrogen and oxygen atoms in total.